The van der Waals surface area contributed by atoms with Crippen LogP contribution in [0.1, 0.15) is 17.5 Å². The average molecular weight is 240 g/mol. The molecule has 5 heteroatoms. The lowest BCUT2D eigenvalue weighted by molar-refractivity contribution is 0.367. The van der Waals surface area contributed by atoms with E-state index in [2.05, 4.69) is 15.1 Å². The van der Waals surface area contributed by atoms with Gasteiger partial charge in [-0.15, -0.1) is 0 Å². The standard InChI is InChI=1S/C13H12N4O/c14-11(9-5-2-1-3-6-9)13-16-12(17-18-13)10-7-4-8-15-10/h1-8,11,15H,14H2/t11-/m0/s1. The maximum atomic E-state index is 6.08. The van der Waals surface area contributed by atoms with Crippen LogP contribution in [0.2, 0.25) is 0 Å². The van der Waals surface area contributed by atoms with Gasteiger partial charge in [-0.2, -0.15) is 4.98 Å². The fourth-order valence-corrected chi connectivity index (χ4v) is 1.74. The van der Waals surface area contributed by atoms with E-state index in [0.717, 1.165) is 11.3 Å². The molecule has 3 rings (SSSR count). The minimum Gasteiger partial charge on any atom is -0.359 e. The van der Waals surface area contributed by atoms with Gasteiger partial charge >= 0.3 is 0 Å². The second-order valence-corrected chi connectivity index (χ2v) is 3.93. The highest BCUT2D eigenvalue weighted by Crippen LogP contribution is 2.20. The summed E-state index contributed by atoms with van der Waals surface area (Å²) in [5.74, 6) is 0.923. The topological polar surface area (TPSA) is 80.7 Å². The first-order valence-corrected chi connectivity index (χ1v) is 5.62. The largest absolute Gasteiger partial charge is 0.359 e. The van der Waals surface area contributed by atoms with Gasteiger partial charge < -0.3 is 15.2 Å². The SMILES string of the molecule is N[C@@H](c1ccccc1)c1nc(-c2ccc[nH]2)no1. The number of benzene rings is 1. The van der Waals surface area contributed by atoms with Crippen LogP contribution in [0.4, 0.5) is 0 Å². The molecular weight excluding hydrogens is 228 g/mol. The van der Waals surface area contributed by atoms with Crippen molar-refractivity contribution in [3.05, 3.63) is 60.1 Å². The van der Waals surface area contributed by atoms with Gasteiger partial charge in [0.15, 0.2) is 0 Å². The number of nitrogens with one attached hydrogen (secondary N) is 1. The highest BCUT2D eigenvalue weighted by molar-refractivity contribution is 5.48. The number of hydrogen-bond donors (Lipinski definition) is 2. The van der Waals surface area contributed by atoms with Gasteiger partial charge in [0.05, 0.1) is 5.69 Å². The van der Waals surface area contributed by atoms with E-state index in [1.165, 1.54) is 0 Å². The summed E-state index contributed by atoms with van der Waals surface area (Å²) in [6.45, 7) is 0. The molecule has 0 saturated heterocycles. The maximum absolute atomic E-state index is 6.08. The Hall–Kier alpha value is -2.40. The summed E-state index contributed by atoms with van der Waals surface area (Å²) in [7, 11) is 0. The first-order chi connectivity index (χ1) is 8.84. The van der Waals surface area contributed by atoms with Crippen molar-refractivity contribution >= 4 is 0 Å². The Morgan fingerprint density at radius 2 is 1.94 bits per heavy atom. The summed E-state index contributed by atoms with van der Waals surface area (Å²) in [6.07, 6.45) is 1.81. The molecule has 5 nitrogen and oxygen atoms in total. The third-order valence-corrected chi connectivity index (χ3v) is 2.71. The second-order valence-electron chi connectivity index (χ2n) is 3.93. The number of aromatic amines is 1. The zero-order chi connectivity index (χ0) is 12.4. The predicted molar refractivity (Wildman–Crippen MR) is 66.6 cm³/mol. The van der Waals surface area contributed by atoms with E-state index >= 15 is 0 Å². The Kier molecular flexibility index (Phi) is 2.66. The zero-order valence-electron chi connectivity index (χ0n) is 9.58. The van der Waals surface area contributed by atoms with Crippen molar-refractivity contribution in [2.24, 2.45) is 5.73 Å². The minimum atomic E-state index is -0.401. The Bertz CT molecular complexity index is 616. The molecule has 1 atom stereocenters. The van der Waals surface area contributed by atoms with Crippen LogP contribution in [0.3, 0.4) is 0 Å². The van der Waals surface area contributed by atoms with Gasteiger partial charge in [0.1, 0.15) is 6.04 Å². The molecule has 0 fully saturated rings. The lowest BCUT2D eigenvalue weighted by atomic mass is 10.1. The molecule has 0 radical (unpaired) electrons. The lowest BCUT2D eigenvalue weighted by Gasteiger charge is -2.05. The number of H-pyrrole nitrogens is 1. The summed E-state index contributed by atoms with van der Waals surface area (Å²) in [5, 5.41) is 3.91. The molecule has 0 unspecified atom stereocenters. The van der Waals surface area contributed by atoms with E-state index in [9.17, 15) is 0 Å². The van der Waals surface area contributed by atoms with Crippen LogP contribution >= 0.6 is 0 Å². The van der Waals surface area contributed by atoms with Crippen molar-refractivity contribution in [3.63, 3.8) is 0 Å². The van der Waals surface area contributed by atoms with E-state index in [4.69, 9.17) is 10.3 Å². The first kappa shape index (κ1) is 10.7. The quantitative estimate of drug-likeness (QED) is 0.734. The number of nitrogens with zero attached hydrogens (tertiary/aromatic N) is 2. The predicted octanol–water partition coefficient (Wildman–Crippen LogP) is 2.11. The Morgan fingerprint density at radius 3 is 2.67 bits per heavy atom. The van der Waals surface area contributed by atoms with Gasteiger partial charge in [0, 0.05) is 6.20 Å². The molecule has 0 bridgehead atoms. The molecule has 0 aliphatic rings. The van der Waals surface area contributed by atoms with Crippen molar-refractivity contribution in [2.75, 3.05) is 0 Å². The van der Waals surface area contributed by atoms with Gasteiger partial charge in [-0.25, -0.2) is 0 Å². The van der Waals surface area contributed by atoms with Crippen molar-refractivity contribution in [1.82, 2.24) is 15.1 Å². The van der Waals surface area contributed by atoms with Gasteiger partial charge in [-0.05, 0) is 17.7 Å². The molecule has 90 valence electrons. The third-order valence-electron chi connectivity index (χ3n) is 2.71. The Balaban J connectivity index is 1.90. The van der Waals surface area contributed by atoms with Gasteiger partial charge in [0.2, 0.25) is 11.7 Å². The molecule has 1 aromatic carbocycles. The van der Waals surface area contributed by atoms with Crippen LogP contribution in [0.15, 0.2) is 53.2 Å². The molecule has 18 heavy (non-hydrogen) atoms. The van der Waals surface area contributed by atoms with Crippen molar-refractivity contribution in [1.29, 1.82) is 0 Å². The first-order valence-electron chi connectivity index (χ1n) is 5.62. The molecule has 2 aromatic heterocycles. The van der Waals surface area contributed by atoms with E-state index in [0.29, 0.717) is 11.7 Å². The highest BCUT2D eigenvalue weighted by atomic mass is 16.5. The summed E-state index contributed by atoms with van der Waals surface area (Å²) < 4.78 is 5.20. The monoisotopic (exact) mass is 240 g/mol. The normalized spacial score (nSPS) is 12.5. The number of aromatic nitrogens is 3. The van der Waals surface area contributed by atoms with Gasteiger partial charge in [-0.3, -0.25) is 0 Å². The number of nitrogens with two attached hydrogens (primary N) is 1. The Morgan fingerprint density at radius 1 is 1.11 bits per heavy atom. The van der Waals surface area contributed by atoms with E-state index < -0.39 is 6.04 Å². The smallest absolute Gasteiger partial charge is 0.248 e. The molecular formula is C13H12N4O. The van der Waals surface area contributed by atoms with Crippen molar-refractivity contribution in [3.8, 4) is 11.5 Å². The van der Waals surface area contributed by atoms with Crippen molar-refractivity contribution in [2.45, 2.75) is 6.04 Å². The zero-order valence-corrected chi connectivity index (χ0v) is 9.58. The van der Waals surface area contributed by atoms with Crippen LogP contribution < -0.4 is 5.73 Å². The third kappa shape index (κ3) is 1.91. The second kappa shape index (κ2) is 4.46. The Labute approximate surface area is 104 Å². The van der Waals surface area contributed by atoms with Crippen LogP contribution in [0.25, 0.3) is 11.5 Å². The fraction of sp³-hybridized carbons (Fsp3) is 0.0769. The van der Waals surface area contributed by atoms with Crippen molar-refractivity contribution < 1.29 is 4.52 Å². The van der Waals surface area contributed by atoms with Crippen LogP contribution in [0, 0.1) is 0 Å². The van der Waals surface area contributed by atoms with Crippen LogP contribution in [-0.4, -0.2) is 15.1 Å². The van der Waals surface area contributed by atoms with E-state index in [1.54, 1.807) is 0 Å². The molecule has 3 aromatic rings. The number of hydrogen-bond acceptors (Lipinski definition) is 4. The van der Waals surface area contributed by atoms with Gasteiger partial charge in [-0.1, -0.05) is 35.5 Å². The summed E-state index contributed by atoms with van der Waals surface area (Å²) in [4.78, 5) is 7.31. The molecule has 3 N–H and O–H groups in total. The molecule has 0 amide bonds. The van der Waals surface area contributed by atoms with E-state index in [1.807, 2.05) is 48.7 Å². The molecule has 0 aliphatic heterocycles. The number of rotatable bonds is 3. The van der Waals surface area contributed by atoms with Gasteiger partial charge in [0.25, 0.3) is 0 Å². The van der Waals surface area contributed by atoms with Crippen LogP contribution in [0.5, 0.6) is 0 Å². The molecule has 0 spiro atoms. The summed E-state index contributed by atoms with van der Waals surface area (Å²) in [5.41, 5.74) is 7.83. The highest BCUT2D eigenvalue weighted by Gasteiger charge is 2.17. The minimum absolute atomic E-state index is 0.401. The van der Waals surface area contributed by atoms with Crippen LogP contribution in [-0.2, 0) is 0 Å². The molecule has 0 aliphatic carbocycles. The lowest BCUT2D eigenvalue weighted by Crippen LogP contribution is -2.11. The van der Waals surface area contributed by atoms with E-state index in [-0.39, 0.29) is 0 Å². The maximum Gasteiger partial charge on any atom is 0.248 e. The molecule has 2 heterocycles. The summed E-state index contributed by atoms with van der Waals surface area (Å²) >= 11 is 0. The molecule has 0 saturated carbocycles. The fourth-order valence-electron chi connectivity index (χ4n) is 1.74. The average Bonchev–Trinajstić information content (AvgIpc) is 3.09. The summed E-state index contributed by atoms with van der Waals surface area (Å²) in [6, 6.07) is 13.0.